The summed E-state index contributed by atoms with van der Waals surface area (Å²) in [6, 6.07) is 48.2. The Morgan fingerprint density at radius 3 is 2.31 bits per heavy atom. The predicted octanol–water partition coefficient (Wildman–Crippen LogP) is 11.4. The van der Waals surface area contributed by atoms with E-state index in [0.29, 0.717) is 5.92 Å². The second kappa shape index (κ2) is 15.0. The average Bonchev–Trinajstić information content (AvgIpc) is 3.73. The first-order valence-electron chi connectivity index (χ1n) is 17.2. The maximum absolute atomic E-state index is 7.23. The summed E-state index contributed by atoms with van der Waals surface area (Å²) in [5.41, 5.74) is 9.93. The first kappa shape index (κ1) is 29.5. The second-order valence-electron chi connectivity index (χ2n) is 11.9. The molecule has 8 rings (SSSR count). The Balaban J connectivity index is 0.000000222. The number of hydrogen-bond acceptors (Lipinski definition) is 3. The van der Waals surface area contributed by atoms with Crippen LogP contribution in [0.1, 0.15) is 29.1 Å². The van der Waals surface area contributed by atoms with Gasteiger partial charge in [-0.3, -0.25) is 16.3 Å². The molecule has 0 amide bonds. The third kappa shape index (κ3) is 7.24. The minimum Gasteiger partial charge on any atom is -0.333 e. The van der Waals surface area contributed by atoms with Crippen molar-refractivity contribution in [3.8, 4) is 39.5 Å². The van der Waals surface area contributed by atoms with Gasteiger partial charge in [0, 0.05) is 36.1 Å². The van der Waals surface area contributed by atoms with Crippen molar-refractivity contribution in [1.82, 2.24) is 14.5 Å². The zero-order valence-electron chi connectivity index (χ0n) is 29.6. The van der Waals surface area contributed by atoms with Crippen molar-refractivity contribution in [2.45, 2.75) is 27.1 Å². The topological polar surface area (TPSA) is 30.7 Å². The average molecular weight is 821 g/mol. The monoisotopic (exact) mass is 821 g/mol. The number of nitrogens with zero attached hydrogens (tertiary/aromatic N) is 3. The number of rotatable bonds is 6. The van der Waals surface area contributed by atoms with Gasteiger partial charge in [-0.15, -0.1) is 47.3 Å². The molecule has 0 saturated heterocycles. The van der Waals surface area contributed by atoms with Gasteiger partial charge >= 0.3 is 0 Å². The first-order chi connectivity index (χ1) is 24.2. The molecule has 5 heteroatoms. The van der Waals surface area contributed by atoms with Crippen LogP contribution in [0.15, 0.2) is 140 Å². The molecule has 48 heavy (non-hydrogen) atoms. The van der Waals surface area contributed by atoms with Gasteiger partial charge in [0.15, 0.2) is 0 Å². The molecular weight excluding hydrogens is 783 g/mol. The summed E-state index contributed by atoms with van der Waals surface area (Å²) in [7, 11) is 0. The third-order valence-corrected chi connectivity index (χ3v) is 8.85. The van der Waals surface area contributed by atoms with Crippen LogP contribution in [0.2, 0.25) is 0 Å². The maximum atomic E-state index is 7.23. The normalized spacial score (nSPS) is 12.1. The molecule has 239 valence electrons. The zero-order valence-corrected chi connectivity index (χ0v) is 29.9. The molecule has 3 heterocycles. The Bertz CT molecular complexity index is 2350. The van der Waals surface area contributed by atoms with E-state index in [0.717, 1.165) is 45.8 Å². The van der Waals surface area contributed by atoms with Crippen molar-refractivity contribution >= 4 is 32.5 Å². The molecule has 0 atom stereocenters. The molecule has 0 spiro atoms. The Morgan fingerprint density at radius 1 is 0.812 bits per heavy atom. The van der Waals surface area contributed by atoms with Crippen LogP contribution >= 0.6 is 11.3 Å². The van der Waals surface area contributed by atoms with E-state index in [9.17, 15) is 0 Å². The standard InChI is InChI=1S/C31H25N2S.C12H10N.Ir/c1-21(2)18-22-12-17-26-27(20-34-30(26)19-22)31-32-28-10-6-7-11-29(28)33(31)25-15-13-24(14-16-25)23-8-4-3-5-9-23;1-10-7-8-12(13-9-10)11-5-3-2-4-6-11;/h3-17,19,21H,18H2,1-2H3;2-5,7-9H,1H3;/q2*-1;/i;1D3;. The predicted molar refractivity (Wildman–Crippen MR) is 198 cm³/mol. The molecule has 0 fully saturated rings. The molecule has 0 aliphatic rings. The summed E-state index contributed by atoms with van der Waals surface area (Å²) in [6.45, 7) is 2.44. The zero-order chi connectivity index (χ0) is 34.7. The summed E-state index contributed by atoms with van der Waals surface area (Å²) in [6.07, 6.45) is 2.48. The van der Waals surface area contributed by atoms with Gasteiger partial charge in [-0.05, 0) is 65.8 Å². The molecule has 0 aliphatic carbocycles. The van der Waals surface area contributed by atoms with E-state index < -0.39 is 6.85 Å². The minimum atomic E-state index is -2.09. The SMILES string of the molecule is CC(C)Cc1ccc2c(-c3nc4ccccc4n3-c3ccc(-c4ccccc4)cc3)[c-]sc2c1.[2H]C([2H])([2H])c1ccc(-c2[c-]cccc2)nc1.[Ir]. The van der Waals surface area contributed by atoms with Crippen LogP contribution in [-0.4, -0.2) is 14.5 Å². The molecule has 1 radical (unpaired) electrons. The Hall–Kier alpha value is -4.67. The fraction of sp³-hybridized carbons (Fsp3) is 0.116. The largest absolute Gasteiger partial charge is 0.333 e. The van der Waals surface area contributed by atoms with Crippen molar-refractivity contribution in [1.29, 1.82) is 0 Å². The van der Waals surface area contributed by atoms with Crippen LogP contribution in [-0.2, 0) is 26.5 Å². The fourth-order valence-electron chi connectivity index (χ4n) is 5.78. The molecule has 5 aromatic carbocycles. The van der Waals surface area contributed by atoms with Gasteiger partial charge in [0.05, 0.1) is 16.9 Å². The number of imidazole rings is 1. The minimum absolute atomic E-state index is 0. The van der Waals surface area contributed by atoms with Gasteiger partial charge in [-0.25, -0.2) is 0 Å². The van der Waals surface area contributed by atoms with Crippen molar-refractivity contribution in [3.05, 3.63) is 162 Å². The number of para-hydroxylation sites is 2. The Morgan fingerprint density at radius 2 is 1.58 bits per heavy atom. The van der Waals surface area contributed by atoms with Crippen molar-refractivity contribution in [2.24, 2.45) is 5.92 Å². The number of fused-ring (bicyclic) bond motifs is 2. The molecule has 0 N–H and O–H groups in total. The molecular formula is C43H35IrN3S-2. The molecule has 8 aromatic rings. The van der Waals surface area contributed by atoms with Crippen LogP contribution in [0.5, 0.6) is 0 Å². The van der Waals surface area contributed by atoms with Crippen LogP contribution < -0.4 is 0 Å². The molecule has 0 unspecified atom stereocenters. The summed E-state index contributed by atoms with van der Waals surface area (Å²) in [5, 5.41) is 4.79. The van der Waals surface area contributed by atoms with E-state index >= 15 is 0 Å². The third-order valence-electron chi connectivity index (χ3n) is 7.99. The summed E-state index contributed by atoms with van der Waals surface area (Å²) < 4.78 is 25.2. The summed E-state index contributed by atoms with van der Waals surface area (Å²) >= 11 is 1.69. The number of pyridine rings is 1. The summed E-state index contributed by atoms with van der Waals surface area (Å²) in [4.78, 5) is 9.20. The molecule has 3 aromatic heterocycles. The van der Waals surface area contributed by atoms with E-state index in [2.05, 4.69) is 132 Å². The smallest absolute Gasteiger partial charge is 0.0774 e. The number of benzene rings is 5. The van der Waals surface area contributed by atoms with E-state index in [4.69, 9.17) is 9.10 Å². The van der Waals surface area contributed by atoms with E-state index in [1.807, 2.05) is 18.2 Å². The molecule has 3 nitrogen and oxygen atoms in total. The van der Waals surface area contributed by atoms with Crippen molar-refractivity contribution < 1.29 is 24.2 Å². The van der Waals surface area contributed by atoms with Gasteiger partial charge in [-0.2, -0.15) is 0 Å². The first-order valence-corrected chi connectivity index (χ1v) is 16.6. The van der Waals surface area contributed by atoms with Gasteiger partial charge < -0.3 is 9.55 Å². The quantitative estimate of drug-likeness (QED) is 0.156. The van der Waals surface area contributed by atoms with Crippen LogP contribution in [0.3, 0.4) is 0 Å². The second-order valence-corrected chi connectivity index (χ2v) is 12.7. The van der Waals surface area contributed by atoms with Crippen LogP contribution in [0.4, 0.5) is 0 Å². The Kier molecular flexibility index (Phi) is 9.23. The van der Waals surface area contributed by atoms with Crippen molar-refractivity contribution in [2.75, 3.05) is 0 Å². The number of aryl methyl sites for hydroxylation is 1. The van der Waals surface area contributed by atoms with Gasteiger partial charge in [0.1, 0.15) is 0 Å². The van der Waals surface area contributed by atoms with Gasteiger partial charge in [-0.1, -0.05) is 114 Å². The molecule has 0 bridgehead atoms. The van der Waals surface area contributed by atoms with E-state index in [1.54, 1.807) is 29.5 Å². The summed E-state index contributed by atoms with van der Waals surface area (Å²) in [5.74, 6) is 1.58. The number of hydrogen-bond donors (Lipinski definition) is 0. The molecule has 0 saturated carbocycles. The van der Waals surface area contributed by atoms with E-state index in [1.165, 1.54) is 33.0 Å². The fourth-order valence-corrected chi connectivity index (χ4v) is 6.68. The van der Waals surface area contributed by atoms with Crippen LogP contribution in [0, 0.1) is 24.2 Å². The van der Waals surface area contributed by atoms with Gasteiger partial charge in [0.25, 0.3) is 0 Å². The molecule has 0 aliphatic heterocycles. The Labute approximate surface area is 304 Å². The van der Waals surface area contributed by atoms with Gasteiger partial charge in [0.2, 0.25) is 0 Å². The van der Waals surface area contributed by atoms with Crippen LogP contribution in [0.25, 0.3) is 60.6 Å². The number of aromatic nitrogens is 3. The van der Waals surface area contributed by atoms with E-state index in [-0.39, 0.29) is 25.7 Å². The number of thiophene rings is 1. The maximum Gasteiger partial charge on any atom is 0.0774 e. The van der Waals surface area contributed by atoms with Crippen molar-refractivity contribution in [3.63, 3.8) is 0 Å².